The molecule has 0 radical (unpaired) electrons. The number of tetrazole rings is 1. The first kappa shape index (κ1) is 26.9. The van der Waals surface area contributed by atoms with Crippen molar-refractivity contribution in [1.82, 2.24) is 35.5 Å². The Kier molecular flexibility index (Phi) is 8.53. The summed E-state index contributed by atoms with van der Waals surface area (Å²) in [4.78, 5) is 56.4. The third kappa shape index (κ3) is 6.78. The van der Waals surface area contributed by atoms with Crippen molar-refractivity contribution < 1.29 is 19.1 Å². The number of carbonyl (C=O) groups excluding carboxylic acids is 3. The highest BCUT2D eigenvalue weighted by Gasteiger charge is 2.23. The number of rotatable bonds is 9. The van der Waals surface area contributed by atoms with Gasteiger partial charge in [0.15, 0.2) is 0 Å². The lowest BCUT2D eigenvalue weighted by molar-refractivity contribution is -0.124. The van der Waals surface area contributed by atoms with Crippen LogP contribution in [0.2, 0.25) is 5.02 Å². The molecular weight excluding hydrogens is 528 g/mol. The number of anilines is 1. The molecule has 3 N–H and O–H groups in total. The molecule has 2 aromatic carbocycles. The van der Waals surface area contributed by atoms with Crippen LogP contribution in [-0.2, 0) is 14.3 Å². The summed E-state index contributed by atoms with van der Waals surface area (Å²) < 4.78 is 6.21. The number of H-pyrrole nitrogens is 1. The first-order chi connectivity index (χ1) is 18.9. The molecule has 0 aliphatic heterocycles. The predicted molar refractivity (Wildman–Crippen MR) is 140 cm³/mol. The van der Waals surface area contributed by atoms with Crippen molar-refractivity contribution in [3.63, 3.8) is 0 Å². The summed E-state index contributed by atoms with van der Waals surface area (Å²) in [6.45, 7) is 1.68. The number of halogens is 1. The van der Waals surface area contributed by atoms with Crippen LogP contribution in [0.25, 0.3) is 11.8 Å². The van der Waals surface area contributed by atoms with Crippen LogP contribution in [0.15, 0.2) is 71.9 Å². The summed E-state index contributed by atoms with van der Waals surface area (Å²) in [5, 5.41) is 16.6. The van der Waals surface area contributed by atoms with Gasteiger partial charge in [0.1, 0.15) is 17.9 Å². The molecule has 14 heteroatoms. The minimum absolute atomic E-state index is 0.0833. The SMILES string of the molecule is CCOC(=O)c1cnc(NC(=O)C(NC(=O)/C=C/c2cc(Cl)ccc2-n2cnnn2)c2ccccc2)[nH]c1=O. The van der Waals surface area contributed by atoms with Crippen LogP contribution in [0, 0.1) is 0 Å². The molecule has 2 aromatic heterocycles. The molecule has 0 spiro atoms. The van der Waals surface area contributed by atoms with Crippen molar-refractivity contribution in [3.8, 4) is 5.69 Å². The van der Waals surface area contributed by atoms with Gasteiger partial charge in [-0.15, -0.1) is 5.10 Å². The number of hydrogen-bond acceptors (Lipinski definition) is 9. The van der Waals surface area contributed by atoms with Gasteiger partial charge in [-0.1, -0.05) is 41.9 Å². The molecule has 0 saturated carbocycles. The summed E-state index contributed by atoms with van der Waals surface area (Å²) >= 11 is 6.13. The molecule has 198 valence electrons. The van der Waals surface area contributed by atoms with Crippen molar-refractivity contribution in [3.05, 3.63) is 99.2 Å². The van der Waals surface area contributed by atoms with Crippen LogP contribution >= 0.6 is 11.6 Å². The second-order valence-electron chi connectivity index (χ2n) is 7.83. The van der Waals surface area contributed by atoms with Crippen molar-refractivity contribution in [1.29, 1.82) is 0 Å². The Balaban J connectivity index is 1.54. The lowest BCUT2D eigenvalue weighted by Gasteiger charge is -2.18. The van der Waals surface area contributed by atoms with Crippen LogP contribution in [0.5, 0.6) is 0 Å². The second-order valence-corrected chi connectivity index (χ2v) is 8.26. The van der Waals surface area contributed by atoms with E-state index in [-0.39, 0.29) is 18.1 Å². The molecule has 0 saturated heterocycles. The van der Waals surface area contributed by atoms with Crippen LogP contribution < -0.4 is 16.2 Å². The molecule has 0 aliphatic carbocycles. The third-order valence-corrected chi connectivity index (χ3v) is 5.45. The summed E-state index contributed by atoms with van der Waals surface area (Å²) in [5.74, 6) is -2.34. The van der Waals surface area contributed by atoms with Crippen LogP contribution in [-0.4, -0.2) is 54.6 Å². The Hall–Kier alpha value is -5.17. The zero-order chi connectivity index (χ0) is 27.8. The van der Waals surface area contributed by atoms with Gasteiger partial charge >= 0.3 is 5.97 Å². The predicted octanol–water partition coefficient (Wildman–Crippen LogP) is 2.09. The normalized spacial score (nSPS) is 11.6. The summed E-state index contributed by atoms with van der Waals surface area (Å²) in [7, 11) is 0. The molecule has 0 fully saturated rings. The lowest BCUT2D eigenvalue weighted by atomic mass is 10.1. The number of nitrogens with one attached hydrogen (secondary N) is 3. The lowest BCUT2D eigenvalue weighted by Crippen LogP contribution is -2.37. The van der Waals surface area contributed by atoms with E-state index >= 15 is 0 Å². The van der Waals surface area contributed by atoms with Crippen molar-refractivity contribution >= 4 is 41.4 Å². The van der Waals surface area contributed by atoms with E-state index in [1.165, 1.54) is 23.2 Å². The summed E-state index contributed by atoms with van der Waals surface area (Å²) in [6.07, 6.45) is 5.13. The maximum absolute atomic E-state index is 13.2. The van der Waals surface area contributed by atoms with Crippen molar-refractivity contribution in [2.45, 2.75) is 13.0 Å². The smallest absolute Gasteiger partial charge is 0.345 e. The molecule has 2 heterocycles. The van der Waals surface area contributed by atoms with Crippen LogP contribution in [0.1, 0.15) is 34.5 Å². The van der Waals surface area contributed by atoms with E-state index in [1.54, 1.807) is 55.5 Å². The highest BCUT2D eigenvalue weighted by atomic mass is 35.5. The number of aromatic amines is 1. The summed E-state index contributed by atoms with van der Waals surface area (Å²) in [6, 6.07) is 12.3. The average molecular weight is 549 g/mol. The quantitative estimate of drug-likeness (QED) is 0.209. The number of benzene rings is 2. The largest absolute Gasteiger partial charge is 0.462 e. The monoisotopic (exact) mass is 548 g/mol. The molecule has 4 aromatic rings. The molecular formula is C25H21ClN8O5. The number of esters is 1. The number of nitrogens with zero attached hydrogens (tertiary/aromatic N) is 5. The van der Waals surface area contributed by atoms with E-state index in [2.05, 4.69) is 36.1 Å². The second kappa shape index (κ2) is 12.4. The van der Waals surface area contributed by atoms with Gasteiger partial charge in [-0.05, 0) is 47.2 Å². The van der Waals surface area contributed by atoms with E-state index < -0.39 is 29.4 Å². The molecule has 2 amide bonds. The maximum atomic E-state index is 13.2. The summed E-state index contributed by atoms with van der Waals surface area (Å²) in [5.41, 5.74) is 0.498. The Labute approximate surface area is 225 Å². The first-order valence-corrected chi connectivity index (χ1v) is 11.9. The van der Waals surface area contributed by atoms with E-state index in [4.69, 9.17) is 16.3 Å². The Bertz CT molecular complexity index is 1570. The molecule has 1 unspecified atom stereocenters. The Morgan fingerprint density at radius 2 is 1.97 bits per heavy atom. The topological polar surface area (TPSA) is 174 Å². The first-order valence-electron chi connectivity index (χ1n) is 11.5. The molecule has 0 bridgehead atoms. The third-order valence-electron chi connectivity index (χ3n) is 5.22. The highest BCUT2D eigenvalue weighted by Crippen LogP contribution is 2.21. The van der Waals surface area contributed by atoms with Crippen molar-refractivity contribution in [2.24, 2.45) is 0 Å². The molecule has 1 atom stereocenters. The number of hydrogen-bond donors (Lipinski definition) is 3. The van der Waals surface area contributed by atoms with Gasteiger partial charge in [0, 0.05) is 16.7 Å². The van der Waals surface area contributed by atoms with E-state index in [0.717, 1.165) is 6.20 Å². The van der Waals surface area contributed by atoms with Gasteiger partial charge < -0.3 is 10.1 Å². The minimum Gasteiger partial charge on any atom is -0.462 e. The van der Waals surface area contributed by atoms with Gasteiger partial charge in [0.25, 0.3) is 11.5 Å². The minimum atomic E-state index is -1.16. The molecule has 39 heavy (non-hydrogen) atoms. The molecule has 13 nitrogen and oxygen atoms in total. The number of aromatic nitrogens is 6. The van der Waals surface area contributed by atoms with E-state index in [1.807, 2.05) is 0 Å². The van der Waals surface area contributed by atoms with Gasteiger partial charge in [-0.3, -0.25) is 24.7 Å². The van der Waals surface area contributed by atoms with Crippen molar-refractivity contribution in [2.75, 3.05) is 11.9 Å². The van der Waals surface area contributed by atoms with Gasteiger partial charge in [0.2, 0.25) is 11.9 Å². The number of carbonyl (C=O) groups is 3. The fourth-order valence-corrected chi connectivity index (χ4v) is 3.62. The fraction of sp³-hybridized carbons (Fsp3) is 0.120. The van der Waals surface area contributed by atoms with Crippen LogP contribution in [0.4, 0.5) is 5.95 Å². The van der Waals surface area contributed by atoms with E-state index in [0.29, 0.717) is 21.8 Å². The number of amides is 2. The number of ether oxygens (including phenoxy) is 1. The molecule has 4 rings (SSSR count). The van der Waals surface area contributed by atoms with Gasteiger partial charge in [0.05, 0.1) is 18.5 Å². The Morgan fingerprint density at radius 1 is 1.18 bits per heavy atom. The molecule has 0 aliphatic rings. The maximum Gasteiger partial charge on any atom is 0.345 e. The van der Waals surface area contributed by atoms with Gasteiger partial charge in [-0.2, -0.15) is 4.68 Å². The standard InChI is InChI=1S/C25H21ClN8O5/c1-2-39-24(38)18-13-27-25(30-22(18)36)31-23(37)21(15-6-4-3-5-7-15)29-20(35)11-8-16-12-17(26)9-10-19(16)34-14-28-32-33-34/h3-14,21H,2H2,1H3,(H,29,35)(H2,27,30,31,36,37)/b11-8+. The zero-order valence-electron chi connectivity index (χ0n) is 20.4. The van der Waals surface area contributed by atoms with Gasteiger partial charge in [-0.25, -0.2) is 9.78 Å². The highest BCUT2D eigenvalue weighted by molar-refractivity contribution is 6.30. The fourth-order valence-electron chi connectivity index (χ4n) is 3.44. The Morgan fingerprint density at radius 3 is 2.67 bits per heavy atom. The zero-order valence-corrected chi connectivity index (χ0v) is 21.1. The van der Waals surface area contributed by atoms with E-state index in [9.17, 15) is 19.2 Å². The average Bonchev–Trinajstić information content (AvgIpc) is 3.46. The van der Waals surface area contributed by atoms with Crippen LogP contribution in [0.3, 0.4) is 0 Å².